The van der Waals surface area contributed by atoms with Crippen molar-refractivity contribution in [2.75, 3.05) is 32.8 Å². The molecule has 2 rings (SSSR count). The average molecular weight is 292 g/mol. The second-order valence-corrected chi connectivity index (χ2v) is 5.13. The van der Waals surface area contributed by atoms with Crippen molar-refractivity contribution in [2.24, 2.45) is 5.73 Å². The van der Waals surface area contributed by atoms with Gasteiger partial charge in [0.05, 0.1) is 6.61 Å². The molecule has 0 aliphatic carbocycles. The van der Waals surface area contributed by atoms with Gasteiger partial charge in [0.2, 0.25) is 0 Å². The van der Waals surface area contributed by atoms with E-state index in [1.807, 2.05) is 30.0 Å². The van der Waals surface area contributed by atoms with Crippen LogP contribution in [0.25, 0.3) is 0 Å². The molecule has 1 aliphatic rings. The smallest absolute Gasteiger partial charge is 0.260 e. The van der Waals surface area contributed by atoms with E-state index in [4.69, 9.17) is 15.2 Å². The van der Waals surface area contributed by atoms with Crippen molar-refractivity contribution in [3.8, 4) is 11.5 Å². The monoisotopic (exact) mass is 292 g/mol. The Kier molecular flexibility index (Phi) is 5.87. The third kappa shape index (κ3) is 4.36. The Labute approximate surface area is 126 Å². The summed E-state index contributed by atoms with van der Waals surface area (Å²) in [6.45, 7) is 4.83. The maximum Gasteiger partial charge on any atom is 0.260 e. The minimum absolute atomic E-state index is 0.0426. The molecule has 5 nitrogen and oxygen atoms in total. The van der Waals surface area contributed by atoms with Crippen LogP contribution in [0.15, 0.2) is 18.2 Å². The molecule has 0 bridgehead atoms. The first-order chi connectivity index (χ1) is 10.2. The highest BCUT2D eigenvalue weighted by atomic mass is 16.5. The Hall–Kier alpha value is -1.75. The quantitative estimate of drug-likeness (QED) is 0.829. The number of hydrogen-bond acceptors (Lipinski definition) is 4. The summed E-state index contributed by atoms with van der Waals surface area (Å²) in [6.07, 6.45) is 2.97. The maximum absolute atomic E-state index is 12.0. The molecule has 0 atom stereocenters. The SMILES string of the molecule is CCOc1cc(CCN)ccc1OCC(=O)N1CCCC1. The van der Waals surface area contributed by atoms with Crippen molar-refractivity contribution in [1.82, 2.24) is 4.90 Å². The van der Waals surface area contributed by atoms with Gasteiger partial charge in [-0.25, -0.2) is 0 Å². The first-order valence-electron chi connectivity index (χ1n) is 7.61. The third-order valence-corrected chi connectivity index (χ3v) is 3.55. The highest BCUT2D eigenvalue weighted by Crippen LogP contribution is 2.28. The molecule has 0 aromatic heterocycles. The maximum atomic E-state index is 12.0. The minimum atomic E-state index is 0.0426. The molecule has 0 radical (unpaired) electrons. The molecule has 116 valence electrons. The molecule has 1 aliphatic heterocycles. The zero-order valence-electron chi connectivity index (χ0n) is 12.6. The Bertz CT molecular complexity index is 471. The van der Waals surface area contributed by atoms with Crippen LogP contribution >= 0.6 is 0 Å². The number of ether oxygens (including phenoxy) is 2. The molecule has 1 amide bonds. The summed E-state index contributed by atoms with van der Waals surface area (Å²) in [4.78, 5) is 13.9. The number of benzene rings is 1. The lowest BCUT2D eigenvalue weighted by Crippen LogP contribution is -2.32. The molecule has 0 spiro atoms. The summed E-state index contributed by atoms with van der Waals surface area (Å²) in [7, 11) is 0. The van der Waals surface area contributed by atoms with Gasteiger partial charge in [-0.1, -0.05) is 6.07 Å². The lowest BCUT2D eigenvalue weighted by molar-refractivity contribution is -0.132. The molecular formula is C16H24N2O3. The van der Waals surface area contributed by atoms with E-state index >= 15 is 0 Å². The molecule has 1 fully saturated rings. The highest BCUT2D eigenvalue weighted by Gasteiger charge is 2.18. The lowest BCUT2D eigenvalue weighted by atomic mass is 10.1. The van der Waals surface area contributed by atoms with Crippen LogP contribution in [0.3, 0.4) is 0 Å². The van der Waals surface area contributed by atoms with Gasteiger partial charge in [0.25, 0.3) is 5.91 Å². The van der Waals surface area contributed by atoms with Crippen molar-refractivity contribution in [2.45, 2.75) is 26.2 Å². The van der Waals surface area contributed by atoms with Gasteiger partial charge in [0.15, 0.2) is 18.1 Å². The molecule has 0 saturated carbocycles. The second-order valence-electron chi connectivity index (χ2n) is 5.13. The van der Waals surface area contributed by atoms with Gasteiger partial charge in [-0.3, -0.25) is 4.79 Å². The fourth-order valence-corrected chi connectivity index (χ4v) is 2.46. The van der Waals surface area contributed by atoms with Crippen LogP contribution in [0.4, 0.5) is 0 Å². The number of hydrogen-bond donors (Lipinski definition) is 1. The fourth-order valence-electron chi connectivity index (χ4n) is 2.46. The summed E-state index contributed by atoms with van der Waals surface area (Å²) >= 11 is 0. The Balaban J connectivity index is 1.98. The van der Waals surface area contributed by atoms with Crippen LogP contribution in [-0.4, -0.2) is 43.7 Å². The average Bonchev–Trinajstić information content (AvgIpc) is 3.01. The number of likely N-dealkylation sites (tertiary alicyclic amines) is 1. The summed E-state index contributed by atoms with van der Waals surface area (Å²) in [5.74, 6) is 1.34. The number of nitrogens with two attached hydrogens (primary N) is 1. The number of carbonyl (C=O) groups excluding carboxylic acids is 1. The van der Waals surface area contributed by atoms with Crippen molar-refractivity contribution >= 4 is 5.91 Å². The van der Waals surface area contributed by atoms with Gasteiger partial charge < -0.3 is 20.1 Å². The van der Waals surface area contributed by atoms with Crippen LogP contribution in [0.2, 0.25) is 0 Å². The first kappa shape index (κ1) is 15.6. The van der Waals surface area contributed by atoms with Gasteiger partial charge in [0, 0.05) is 13.1 Å². The second kappa shape index (κ2) is 7.88. The van der Waals surface area contributed by atoms with E-state index in [1.165, 1.54) is 0 Å². The Morgan fingerprint density at radius 3 is 2.67 bits per heavy atom. The third-order valence-electron chi connectivity index (χ3n) is 3.55. The van der Waals surface area contributed by atoms with Crippen LogP contribution in [0.5, 0.6) is 11.5 Å². The largest absolute Gasteiger partial charge is 0.490 e. The first-order valence-corrected chi connectivity index (χ1v) is 7.61. The zero-order chi connectivity index (χ0) is 15.1. The fraction of sp³-hybridized carbons (Fsp3) is 0.562. The van der Waals surface area contributed by atoms with Gasteiger partial charge >= 0.3 is 0 Å². The molecular weight excluding hydrogens is 268 g/mol. The number of nitrogens with zero attached hydrogens (tertiary/aromatic N) is 1. The van der Waals surface area contributed by atoms with E-state index < -0.39 is 0 Å². The molecule has 1 heterocycles. The van der Waals surface area contributed by atoms with Crippen LogP contribution in [0, 0.1) is 0 Å². The number of amides is 1. The zero-order valence-corrected chi connectivity index (χ0v) is 12.6. The van der Waals surface area contributed by atoms with Crippen molar-refractivity contribution in [3.05, 3.63) is 23.8 Å². The standard InChI is InChI=1S/C16H24N2O3/c1-2-20-15-11-13(7-8-17)5-6-14(15)21-12-16(19)18-9-3-4-10-18/h5-6,11H,2-4,7-10,12,17H2,1H3. The van der Waals surface area contributed by atoms with E-state index in [0.717, 1.165) is 37.9 Å². The van der Waals surface area contributed by atoms with Crippen molar-refractivity contribution < 1.29 is 14.3 Å². The van der Waals surface area contributed by atoms with Crippen molar-refractivity contribution in [3.63, 3.8) is 0 Å². The van der Waals surface area contributed by atoms with Crippen molar-refractivity contribution in [1.29, 1.82) is 0 Å². The van der Waals surface area contributed by atoms with E-state index in [-0.39, 0.29) is 12.5 Å². The number of carbonyl (C=O) groups is 1. The van der Waals surface area contributed by atoms with Gasteiger partial charge in [-0.2, -0.15) is 0 Å². The van der Waals surface area contributed by atoms with Crippen LogP contribution < -0.4 is 15.2 Å². The summed E-state index contributed by atoms with van der Waals surface area (Å²) < 4.78 is 11.2. The predicted octanol–water partition coefficient (Wildman–Crippen LogP) is 1.59. The molecule has 21 heavy (non-hydrogen) atoms. The summed E-state index contributed by atoms with van der Waals surface area (Å²) in [5.41, 5.74) is 6.68. The van der Waals surface area contributed by atoms with Gasteiger partial charge in [-0.15, -0.1) is 0 Å². The highest BCUT2D eigenvalue weighted by molar-refractivity contribution is 5.78. The van der Waals surface area contributed by atoms with Crippen LogP contribution in [0.1, 0.15) is 25.3 Å². The van der Waals surface area contributed by atoms with E-state index in [9.17, 15) is 4.79 Å². The topological polar surface area (TPSA) is 64.8 Å². The van der Waals surface area contributed by atoms with Gasteiger partial charge in [0.1, 0.15) is 0 Å². The number of rotatable bonds is 7. The Morgan fingerprint density at radius 2 is 2.00 bits per heavy atom. The molecule has 0 unspecified atom stereocenters. The molecule has 5 heteroatoms. The molecule has 1 saturated heterocycles. The van der Waals surface area contributed by atoms with Gasteiger partial charge in [-0.05, 0) is 50.4 Å². The van der Waals surface area contributed by atoms with E-state index in [0.29, 0.717) is 24.7 Å². The molecule has 1 aromatic rings. The molecule has 2 N–H and O–H groups in total. The lowest BCUT2D eigenvalue weighted by Gasteiger charge is -2.17. The van der Waals surface area contributed by atoms with Crippen LogP contribution in [-0.2, 0) is 11.2 Å². The summed E-state index contributed by atoms with van der Waals surface area (Å²) in [5, 5.41) is 0. The van der Waals surface area contributed by atoms with E-state index in [2.05, 4.69) is 0 Å². The Morgan fingerprint density at radius 1 is 1.24 bits per heavy atom. The van der Waals surface area contributed by atoms with E-state index in [1.54, 1.807) is 0 Å². The predicted molar refractivity (Wildman–Crippen MR) is 81.7 cm³/mol. The summed E-state index contributed by atoms with van der Waals surface area (Å²) in [6, 6.07) is 5.75. The molecule has 1 aromatic carbocycles. The normalized spacial score (nSPS) is 14.3. The minimum Gasteiger partial charge on any atom is -0.490 e.